The van der Waals surface area contributed by atoms with Crippen LogP contribution in [0, 0.1) is 0 Å². The van der Waals surface area contributed by atoms with Crippen LogP contribution in [-0.2, 0) is 25.6 Å². The molecule has 0 saturated heterocycles. The van der Waals surface area contributed by atoms with Crippen LogP contribution in [0.25, 0.3) is 22.3 Å². The van der Waals surface area contributed by atoms with E-state index in [-0.39, 0.29) is 52.6 Å². The minimum Gasteiger partial charge on any atom is -0.507 e. The quantitative estimate of drug-likeness (QED) is 0.0473. The van der Waals surface area contributed by atoms with Crippen LogP contribution in [0.5, 0.6) is 11.5 Å². The van der Waals surface area contributed by atoms with Gasteiger partial charge < -0.3 is 47.1 Å². The van der Waals surface area contributed by atoms with Gasteiger partial charge in [0.2, 0.25) is 29.4 Å². The molecule has 1 aliphatic rings. The molecule has 0 saturated carbocycles. The Morgan fingerprint density at radius 1 is 0.862 bits per heavy atom. The average Bonchev–Trinajstić information content (AvgIpc) is 3.85. The van der Waals surface area contributed by atoms with Crippen molar-refractivity contribution < 1.29 is 39.0 Å². The topological polar surface area (TPSA) is 249 Å². The Kier molecular flexibility index (Phi) is 16.2. The molecule has 4 unspecified atom stereocenters. The number of aromatic nitrogens is 2. The average molecular weight is 905 g/mol. The number of nitrogens with two attached hydrogens (primary N) is 1. The highest BCUT2D eigenvalue weighted by molar-refractivity contribution is 6.30. The number of aromatic hydroxyl groups is 2. The van der Waals surface area contributed by atoms with Gasteiger partial charge in [-0.05, 0) is 97.9 Å². The van der Waals surface area contributed by atoms with E-state index in [4.69, 9.17) is 17.3 Å². The summed E-state index contributed by atoms with van der Waals surface area (Å²) in [6.45, 7) is 1.72. The predicted octanol–water partition coefficient (Wildman–Crippen LogP) is 4.60. The third-order valence-electron chi connectivity index (χ3n) is 11.3. The SMILES string of the molecule is CC1NC(=O)C(N(C)C(=O)C(CCCCN)NCCCC(=O)c2ccc(-c3ccc(Cl)cc3)cc2)c2ccc(O)c(c2)-c2cc(ccc2O)CC(C(=O)NCC(=O)c2ncc[nH]2)NC1=O. The Morgan fingerprint density at radius 2 is 1.54 bits per heavy atom. The first kappa shape index (κ1) is 47.6. The lowest BCUT2D eigenvalue weighted by Gasteiger charge is -2.32. The van der Waals surface area contributed by atoms with Gasteiger partial charge in [-0.15, -0.1) is 0 Å². The van der Waals surface area contributed by atoms with Crippen LogP contribution >= 0.6 is 11.6 Å². The first-order chi connectivity index (χ1) is 31.2. The number of fused-ring (bicyclic) bond motifs is 5. The Labute approximate surface area is 381 Å². The van der Waals surface area contributed by atoms with Gasteiger partial charge in [-0.3, -0.25) is 28.8 Å². The van der Waals surface area contributed by atoms with Crippen molar-refractivity contribution >= 4 is 46.8 Å². The third-order valence-corrected chi connectivity index (χ3v) is 11.5. The number of carbonyl (C=O) groups is 6. The molecule has 0 aliphatic carbocycles. The maximum atomic E-state index is 14.5. The third kappa shape index (κ3) is 12.2. The zero-order valence-corrected chi connectivity index (χ0v) is 36.9. The first-order valence-electron chi connectivity index (χ1n) is 21.4. The smallest absolute Gasteiger partial charge is 0.248 e. The van der Waals surface area contributed by atoms with Crippen molar-refractivity contribution in [2.45, 2.75) is 69.6 Å². The van der Waals surface area contributed by atoms with E-state index in [2.05, 4.69) is 31.2 Å². The number of nitrogens with zero attached hydrogens (tertiary/aromatic N) is 2. The summed E-state index contributed by atoms with van der Waals surface area (Å²) in [4.78, 5) is 89.8. The van der Waals surface area contributed by atoms with E-state index in [0.29, 0.717) is 54.9 Å². The molecule has 0 spiro atoms. The summed E-state index contributed by atoms with van der Waals surface area (Å²) in [7, 11) is 1.46. The number of carbonyl (C=O) groups excluding carboxylic acids is 6. The fourth-order valence-electron chi connectivity index (χ4n) is 7.65. The molecule has 1 aromatic heterocycles. The lowest BCUT2D eigenvalue weighted by atomic mass is 9.93. The number of aromatic amines is 1. The number of hydrogen-bond acceptors (Lipinski definition) is 11. The molecule has 0 fully saturated rings. The van der Waals surface area contributed by atoms with E-state index in [1.165, 1.54) is 55.5 Å². The number of H-pyrrole nitrogens is 1. The van der Waals surface area contributed by atoms with Gasteiger partial charge >= 0.3 is 0 Å². The number of likely N-dealkylation sites (N-methyl/N-ethyl adjacent to an activating group) is 1. The van der Waals surface area contributed by atoms with Gasteiger partial charge in [0.1, 0.15) is 29.6 Å². The minimum absolute atomic E-state index is 0.0401. The lowest BCUT2D eigenvalue weighted by molar-refractivity contribution is -0.142. The highest BCUT2D eigenvalue weighted by atomic mass is 35.5. The van der Waals surface area contributed by atoms with Crippen LogP contribution in [0.3, 0.4) is 0 Å². The van der Waals surface area contributed by atoms with Crippen LogP contribution in [0.4, 0.5) is 0 Å². The molecule has 5 aromatic rings. The number of rotatable bonds is 17. The van der Waals surface area contributed by atoms with E-state index < -0.39 is 60.1 Å². The van der Waals surface area contributed by atoms with E-state index in [9.17, 15) is 39.0 Å². The van der Waals surface area contributed by atoms with Gasteiger partial charge in [0.25, 0.3) is 0 Å². The Morgan fingerprint density at radius 3 is 2.22 bits per heavy atom. The molecule has 2 heterocycles. The van der Waals surface area contributed by atoms with Crippen LogP contribution in [0.2, 0.25) is 5.02 Å². The molecule has 4 aromatic carbocycles. The van der Waals surface area contributed by atoms with Crippen LogP contribution < -0.4 is 27.0 Å². The summed E-state index contributed by atoms with van der Waals surface area (Å²) in [6.07, 6.45) is 5.00. The highest BCUT2D eigenvalue weighted by Gasteiger charge is 2.35. The number of halogens is 1. The monoisotopic (exact) mass is 904 g/mol. The minimum atomic E-state index is -1.35. The molecular weight excluding hydrogens is 852 g/mol. The molecule has 6 rings (SSSR count). The van der Waals surface area contributed by atoms with Crippen molar-refractivity contribution in [2.24, 2.45) is 5.73 Å². The number of amides is 4. The second kappa shape index (κ2) is 22.2. The normalized spacial score (nSPS) is 16.6. The van der Waals surface area contributed by atoms with Crippen molar-refractivity contribution in [3.63, 3.8) is 0 Å². The van der Waals surface area contributed by atoms with Gasteiger partial charge in [-0.25, -0.2) is 4.98 Å². The van der Waals surface area contributed by atoms with E-state index in [0.717, 1.165) is 11.1 Å². The van der Waals surface area contributed by atoms with E-state index >= 15 is 0 Å². The van der Waals surface area contributed by atoms with Crippen molar-refractivity contribution in [2.75, 3.05) is 26.7 Å². The number of benzene rings is 4. The number of hydrogen-bond donors (Lipinski definition) is 8. The Bertz CT molecular complexity index is 2500. The zero-order valence-electron chi connectivity index (χ0n) is 36.1. The number of phenolic OH excluding ortho intramolecular Hbond substituents is 2. The summed E-state index contributed by atoms with van der Waals surface area (Å²) in [5.74, 6) is -3.59. The summed E-state index contributed by atoms with van der Waals surface area (Å²) in [5.41, 5.74) is 9.34. The number of phenols is 2. The van der Waals surface area contributed by atoms with Gasteiger partial charge in [-0.2, -0.15) is 0 Å². The fourth-order valence-corrected chi connectivity index (χ4v) is 7.77. The zero-order chi connectivity index (χ0) is 46.6. The molecule has 16 nitrogen and oxygen atoms in total. The summed E-state index contributed by atoms with van der Waals surface area (Å²) in [6, 6.07) is 19.0. The Balaban J connectivity index is 1.21. The summed E-state index contributed by atoms with van der Waals surface area (Å²) < 4.78 is 0. The molecular formula is C48H53ClN8O8. The van der Waals surface area contributed by atoms with Crippen molar-refractivity contribution in [3.8, 4) is 33.8 Å². The van der Waals surface area contributed by atoms with E-state index in [1.54, 1.807) is 36.4 Å². The van der Waals surface area contributed by atoms with Gasteiger partial charge in [0.05, 0.1) is 12.6 Å². The maximum Gasteiger partial charge on any atom is 0.248 e. The van der Waals surface area contributed by atoms with Gasteiger partial charge in [0, 0.05) is 54.0 Å². The lowest BCUT2D eigenvalue weighted by Crippen LogP contribution is -2.56. The van der Waals surface area contributed by atoms with Crippen LogP contribution in [0.15, 0.2) is 97.3 Å². The van der Waals surface area contributed by atoms with Crippen molar-refractivity contribution in [3.05, 3.63) is 125 Å². The number of ketones is 2. The fraction of sp³-hybridized carbons (Fsp3) is 0.312. The largest absolute Gasteiger partial charge is 0.507 e. The van der Waals surface area contributed by atoms with Gasteiger partial charge in [-0.1, -0.05) is 66.6 Å². The molecule has 4 atom stereocenters. The molecule has 4 bridgehead atoms. The van der Waals surface area contributed by atoms with Crippen LogP contribution in [0.1, 0.15) is 77.2 Å². The summed E-state index contributed by atoms with van der Waals surface area (Å²) >= 11 is 6.03. The number of unbranched alkanes of at least 4 members (excludes halogenated alkanes) is 1. The molecule has 17 heteroatoms. The van der Waals surface area contributed by atoms with Crippen LogP contribution in [-0.4, -0.2) is 105 Å². The van der Waals surface area contributed by atoms with Crippen molar-refractivity contribution in [1.82, 2.24) is 36.1 Å². The van der Waals surface area contributed by atoms with Gasteiger partial charge in [0.15, 0.2) is 11.6 Å². The van der Waals surface area contributed by atoms with Crippen molar-refractivity contribution in [1.29, 1.82) is 0 Å². The molecule has 1 aliphatic heterocycles. The standard InChI is InChI=1S/C48H53ClN8O8/c1-28-45(62)56-38(46(63)54-27-42(61)44-52-22-23-53-44)25-29-8-18-40(59)35(24-29)36-26-33(15-19-41(36)60)43(47(64)55-28)57(2)48(65)37(6-3-4-20-50)51-21-5-7-39(58)32-11-9-30(10-12-32)31-13-16-34(49)17-14-31/h8-19,22-24,26,28,37-38,43,51,59-60H,3-7,20-21,25,27,50H2,1-2H3,(H,52,53)(H,54,63)(H,55,64)(H,56,62). The predicted molar refractivity (Wildman–Crippen MR) is 245 cm³/mol. The first-order valence-corrected chi connectivity index (χ1v) is 21.8. The molecule has 0 radical (unpaired) electrons. The molecule has 4 amide bonds. The van der Waals surface area contributed by atoms with E-state index in [1.807, 2.05) is 24.3 Å². The Hall–Kier alpha value is -6.88. The maximum absolute atomic E-state index is 14.5. The second-order valence-electron chi connectivity index (χ2n) is 16.0. The number of nitrogens with one attached hydrogen (secondary N) is 5. The second-order valence-corrected chi connectivity index (χ2v) is 16.4. The number of imidazole rings is 1. The molecule has 9 N–H and O–H groups in total. The molecule has 65 heavy (non-hydrogen) atoms. The summed E-state index contributed by atoms with van der Waals surface area (Å²) in [5, 5.41) is 34.0. The number of Topliss-reactive ketones (excluding diaryl/α,β-unsaturated/α-hetero) is 2. The molecule has 340 valence electrons. The highest BCUT2D eigenvalue weighted by Crippen LogP contribution is 2.39.